The molecule has 1 aromatic carbocycles. The first-order valence-electron chi connectivity index (χ1n) is 5.11. The van der Waals surface area contributed by atoms with Crippen molar-refractivity contribution in [2.45, 2.75) is 37.6 Å². The Morgan fingerprint density at radius 3 is 2.53 bits per heavy atom. The standard InChI is InChI=1S/C12H15BrClN/c1-11(2,12(15)5-6-12)9-7-8(14)3-4-10(9)13/h3-4,7H,5-6,15H2,1-2H3. The smallest absolute Gasteiger partial charge is 0.0409 e. The maximum atomic E-state index is 6.31. The van der Waals surface area contributed by atoms with E-state index in [1.54, 1.807) is 0 Å². The third-order valence-corrected chi connectivity index (χ3v) is 4.56. The summed E-state index contributed by atoms with van der Waals surface area (Å²) in [5.41, 5.74) is 7.43. The lowest BCUT2D eigenvalue weighted by Gasteiger charge is -2.33. The second-order valence-corrected chi connectivity index (χ2v) is 6.20. The Morgan fingerprint density at radius 1 is 1.40 bits per heavy atom. The fourth-order valence-corrected chi connectivity index (χ4v) is 2.92. The van der Waals surface area contributed by atoms with Gasteiger partial charge in [-0.15, -0.1) is 0 Å². The fourth-order valence-electron chi connectivity index (χ4n) is 2.00. The van der Waals surface area contributed by atoms with E-state index >= 15 is 0 Å². The third-order valence-electron chi connectivity index (χ3n) is 3.64. The average molecular weight is 289 g/mol. The zero-order valence-corrected chi connectivity index (χ0v) is 11.3. The second-order valence-electron chi connectivity index (χ2n) is 4.91. The number of nitrogens with two attached hydrogens (primary N) is 1. The maximum absolute atomic E-state index is 6.31. The summed E-state index contributed by atoms with van der Waals surface area (Å²) < 4.78 is 1.09. The first-order valence-corrected chi connectivity index (χ1v) is 6.28. The van der Waals surface area contributed by atoms with Crippen molar-refractivity contribution in [2.75, 3.05) is 0 Å². The number of hydrogen-bond donors (Lipinski definition) is 1. The number of halogens is 2. The lowest BCUT2D eigenvalue weighted by atomic mass is 9.76. The lowest BCUT2D eigenvalue weighted by Crippen LogP contribution is -2.43. The molecule has 2 N–H and O–H groups in total. The minimum absolute atomic E-state index is 0.0310. The van der Waals surface area contributed by atoms with Crippen LogP contribution in [0, 0.1) is 0 Å². The van der Waals surface area contributed by atoms with E-state index in [-0.39, 0.29) is 11.0 Å². The normalized spacial score (nSPS) is 19.0. The molecule has 0 unspecified atom stereocenters. The largest absolute Gasteiger partial charge is 0.324 e. The van der Waals surface area contributed by atoms with Crippen LogP contribution in [0.4, 0.5) is 0 Å². The van der Waals surface area contributed by atoms with Gasteiger partial charge in [0, 0.05) is 20.4 Å². The Bertz CT molecular complexity index is 397. The van der Waals surface area contributed by atoms with Crippen molar-refractivity contribution in [1.29, 1.82) is 0 Å². The number of benzene rings is 1. The molecule has 0 spiro atoms. The Kier molecular flexibility index (Phi) is 2.65. The van der Waals surface area contributed by atoms with Crippen molar-refractivity contribution in [2.24, 2.45) is 5.73 Å². The highest BCUT2D eigenvalue weighted by Crippen LogP contribution is 2.50. The van der Waals surface area contributed by atoms with E-state index in [4.69, 9.17) is 17.3 Å². The summed E-state index contributed by atoms with van der Waals surface area (Å²) in [5, 5.41) is 0.769. The van der Waals surface area contributed by atoms with Crippen molar-refractivity contribution < 1.29 is 0 Å². The van der Waals surface area contributed by atoms with Crippen LogP contribution in [-0.4, -0.2) is 5.54 Å². The molecular formula is C12H15BrClN. The summed E-state index contributed by atoms with van der Waals surface area (Å²) >= 11 is 9.60. The Labute approximate surface area is 104 Å². The summed E-state index contributed by atoms with van der Waals surface area (Å²) in [6, 6.07) is 5.89. The van der Waals surface area contributed by atoms with E-state index in [0.29, 0.717) is 0 Å². The van der Waals surface area contributed by atoms with E-state index in [2.05, 4.69) is 29.8 Å². The summed E-state index contributed by atoms with van der Waals surface area (Å²) in [7, 11) is 0. The second kappa shape index (κ2) is 3.47. The predicted molar refractivity (Wildman–Crippen MR) is 68.3 cm³/mol. The molecule has 15 heavy (non-hydrogen) atoms. The van der Waals surface area contributed by atoms with E-state index in [9.17, 15) is 0 Å². The molecule has 1 saturated carbocycles. The molecule has 82 valence electrons. The molecule has 0 atom stereocenters. The van der Waals surface area contributed by atoms with Gasteiger partial charge in [0.05, 0.1) is 0 Å². The molecule has 1 fully saturated rings. The van der Waals surface area contributed by atoms with Crippen LogP contribution < -0.4 is 5.73 Å². The number of hydrogen-bond acceptors (Lipinski definition) is 1. The minimum Gasteiger partial charge on any atom is -0.324 e. The molecule has 1 aliphatic carbocycles. The van der Waals surface area contributed by atoms with Gasteiger partial charge < -0.3 is 5.73 Å². The van der Waals surface area contributed by atoms with Gasteiger partial charge in [-0.2, -0.15) is 0 Å². The average Bonchev–Trinajstić information content (AvgIpc) is 2.89. The molecule has 1 aliphatic rings. The predicted octanol–water partition coefficient (Wildman–Crippen LogP) is 3.87. The minimum atomic E-state index is -0.0554. The zero-order chi connectivity index (χ0) is 11.3. The van der Waals surface area contributed by atoms with Crippen molar-refractivity contribution in [1.82, 2.24) is 0 Å². The van der Waals surface area contributed by atoms with Gasteiger partial charge in [-0.3, -0.25) is 0 Å². The van der Waals surface area contributed by atoms with E-state index in [1.165, 1.54) is 5.56 Å². The molecule has 0 aromatic heterocycles. The molecule has 3 heteroatoms. The van der Waals surface area contributed by atoms with E-state index < -0.39 is 0 Å². The van der Waals surface area contributed by atoms with E-state index in [0.717, 1.165) is 22.3 Å². The molecule has 0 bridgehead atoms. The Morgan fingerprint density at radius 2 is 2.00 bits per heavy atom. The first kappa shape index (κ1) is 11.4. The monoisotopic (exact) mass is 287 g/mol. The van der Waals surface area contributed by atoms with Gasteiger partial charge in [0.2, 0.25) is 0 Å². The number of rotatable bonds is 2. The summed E-state index contributed by atoms with van der Waals surface area (Å²) in [4.78, 5) is 0. The van der Waals surface area contributed by atoms with Gasteiger partial charge in [-0.05, 0) is 36.6 Å². The molecule has 0 aliphatic heterocycles. The van der Waals surface area contributed by atoms with Gasteiger partial charge in [0.1, 0.15) is 0 Å². The lowest BCUT2D eigenvalue weighted by molar-refractivity contribution is 0.390. The van der Waals surface area contributed by atoms with Crippen molar-refractivity contribution in [3.05, 3.63) is 33.3 Å². The molecule has 2 rings (SSSR count). The van der Waals surface area contributed by atoms with Crippen LogP contribution in [0.1, 0.15) is 32.3 Å². The highest BCUT2D eigenvalue weighted by molar-refractivity contribution is 9.10. The third kappa shape index (κ3) is 1.83. The molecule has 0 saturated heterocycles. The summed E-state index contributed by atoms with van der Waals surface area (Å²) in [6.07, 6.45) is 2.19. The highest BCUT2D eigenvalue weighted by atomic mass is 79.9. The summed E-state index contributed by atoms with van der Waals surface area (Å²) in [5.74, 6) is 0. The molecule has 0 amide bonds. The topological polar surface area (TPSA) is 26.0 Å². The molecular weight excluding hydrogens is 273 g/mol. The first-order chi connectivity index (χ1) is 6.87. The quantitative estimate of drug-likeness (QED) is 0.878. The van der Waals surface area contributed by atoms with Gasteiger partial charge in [-0.25, -0.2) is 0 Å². The summed E-state index contributed by atoms with van der Waals surface area (Å²) in [6.45, 7) is 4.38. The van der Waals surface area contributed by atoms with Crippen LogP contribution in [0.15, 0.2) is 22.7 Å². The van der Waals surface area contributed by atoms with Gasteiger partial charge in [-0.1, -0.05) is 41.4 Å². The van der Waals surface area contributed by atoms with Crippen molar-refractivity contribution in [3.8, 4) is 0 Å². The van der Waals surface area contributed by atoms with Gasteiger partial charge in [0.15, 0.2) is 0 Å². The molecule has 0 radical (unpaired) electrons. The van der Waals surface area contributed by atoms with Crippen LogP contribution in [0.3, 0.4) is 0 Å². The van der Waals surface area contributed by atoms with Crippen LogP contribution in [0.2, 0.25) is 5.02 Å². The molecule has 1 nitrogen and oxygen atoms in total. The Balaban J connectivity index is 2.48. The fraction of sp³-hybridized carbons (Fsp3) is 0.500. The van der Waals surface area contributed by atoms with Crippen LogP contribution >= 0.6 is 27.5 Å². The molecule has 1 aromatic rings. The SMILES string of the molecule is CC(C)(c1cc(Cl)ccc1Br)C1(N)CC1. The van der Waals surface area contributed by atoms with Crippen LogP contribution in [0.5, 0.6) is 0 Å². The Hall–Kier alpha value is -0.0500. The van der Waals surface area contributed by atoms with Crippen LogP contribution in [-0.2, 0) is 5.41 Å². The van der Waals surface area contributed by atoms with Crippen molar-refractivity contribution in [3.63, 3.8) is 0 Å². The van der Waals surface area contributed by atoms with Crippen molar-refractivity contribution >= 4 is 27.5 Å². The van der Waals surface area contributed by atoms with Crippen LogP contribution in [0.25, 0.3) is 0 Å². The van der Waals surface area contributed by atoms with Gasteiger partial charge in [0.25, 0.3) is 0 Å². The highest BCUT2D eigenvalue weighted by Gasteiger charge is 2.52. The molecule has 0 heterocycles. The van der Waals surface area contributed by atoms with Gasteiger partial charge >= 0.3 is 0 Å². The maximum Gasteiger partial charge on any atom is 0.0409 e. The zero-order valence-electron chi connectivity index (χ0n) is 8.98. The van der Waals surface area contributed by atoms with E-state index in [1.807, 2.05) is 18.2 Å².